The Morgan fingerprint density at radius 2 is 1.89 bits per heavy atom. The number of nitrogens with one attached hydrogen (secondary N) is 1. The summed E-state index contributed by atoms with van der Waals surface area (Å²) in [5.41, 5.74) is 3.41. The highest BCUT2D eigenvalue weighted by Crippen LogP contribution is 2.21. The Labute approximate surface area is 160 Å². The first-order valence-corrected chi connectivity index (χ1v) is 9.54. The topological polar surface area (TPSA) is 67.2 Å². The van der Waals surface area contributed by atoms with Gasteiger partial charge in [-0.1, -0.05) is 24.6 Å². The molecule has 6 heteroatoms. The molecule has 1 N–H and O–H groups in total. The fourth-order valence-corrected chi connectivity index (χ4v) is 3.49. The van der Waals surface area contributed by atoms with Crippen LogP contribution in [0.1, 0.15) is 36.6 Å². The lowest BCUT2D eigenvalue weighted by Crippen LogP contribution is -2.39. The van der Waals surface area contributed by atoms with Crippen LogP contribution in [0.15, 0.2) is 29.1 Å². The predicted octanol–water partition coefficient (Wildman–Crippen LogP) is 3.04. The molecular weight excluding hydrogens is 340 g/mol. The van der Waals surface area contributed by atoms with Gasteiger partial charge in [0.1, 0.15) is 6.54 Å². The number of piperidine rings is 1. The van der Waals surface area contributed by atoms with Crippen LogP contribution < -0.4 is 15.8 Å². The van der Waals surface area contributed by atoms with Gasteiger partial charge in [-0.05, 0) is 51.2 Å². The number of anilines is 2. The minimum atomic E-state index is -0.221. The molecular formula is C21H28N4O2. The summed E-state index contributed by atoms with van der Waals surface area (Å²) < 4.78 is 1.49. The third-order valence-electron chi connectivity index (χ3n) is 5.14. The van der Waals surface area contributed by atoms with E-state index in [0.717, 1.165) is 42.7 Å². The van der Waals surface area contributed by atoms with Gasteiger partial charge in [0.05, 0.1) is 0 Å². The molecule has 1 aliphatic heterocycles. The SMILES string of the molecule is Cc1ccc(NC(=O)Cn2c(N3CCC(C)CC3)nc(C)cc2=O)c(C)c1. The second-order valence-electron chi connectivity index (χ2n) is 7.66. The van der Waals surface area contributed by atoms with Crippen molar-refractivity contribution in [2.24, 2.45) is 5.92 Å². The van der Waals surface area contributed by atoms with E-state index in [-0.39, 0.29) is 18.0 Å². The molecule has 2 heterocycles. The van der Waals surface area contributed by atoms with Crippen molar-refractivity contribution in [3.8, 4) is 0 Å². The molecule has 3 rings (SSSR count). The maximum Gasteiger partial charge on any atom is 0.255 e. The van der Waals surface area contributed by atoms with Crippen LogP contribution in [-0.4, -0.2) is 28.5 Å². The zero-order chi connectivity index (χ0) is 19.6. The third-order valence-corrected chi connectivity index (χ3v) is 5.14. The molecule has 144 valence electrons. The second kappa shape index (κ2) is 7.94. The molecule has 1 aliphatic rings. The molecule has 0 atom stereocenters. The number of hydrogen-bond donors (Lipinski definition) is 1. The van der Waals surface area contributed by atoms with Gasteiger partial charge in [-0.15, -0.1) is 0 Å². The number of carbonyl (C=O) groups is 1. The predicted molar refractivity (Wildman–Crippen MR) is 108 cm³/mol. The van der Waals surface area contributed by atoms with E-state index in [4.69, 9.17) is 0 Å². The number of hydrogen-bond acceptors (Lipinski definition) is 4. The molecule has 0 bridgehead atoms. The van der Waals surface area contributed by atoms with E-state index in [9.17, 15) is 9.59 Å². The van der Waals surface area contributed by atoms with Gasteiger partial charge in [-0.2, -0.15) is 0 Å². The Bertz CT molecular complexity index is 896. The molecule has 2 aromatic rings. The molecule has 1 amide bonds. The van der Waals surface area contributed by atoms with Crippen LogP contribution in [0, 0.1) is 26.7 Å². The van der Waals surface area contributed by atoms with Crippen molar-refractivity contribution < 1.29 is 4.79 Å². The van der Waals surface area contributed by atoms with Gasteiger partial charge in [0.2, 0.25) is 11.9 Å². The smallest absolute Gasteiger partial charge is 0.255 e. The highest BCUT2D eigenvalue weighted by atomic mass is 16.2. The molecule has 0 unspecified atom stereocenters. The van der Waals surface area contributed by atoms with Crippen LogP contribution in [-0.2, 0) is 11.3 Å². The Hall–Kier alpha value is -2.63. The van der Waals surface area contributed by atoms with Crippen molar-refractivity contribution in [2.75, 3.05) is 23.3 Å². The van der Waals surface area contributed by atoms with Crippen LogP contribution >= 0.6 is 0 Å². The Kier molecular flexibility index (Phi) is 5.63. The molecule has 1 saturated heterocycles. The summed E-state index contributed by atoms with van der Waals surface area (Å²) >= 11 is 0. The molecule has 0 radical (unpaired) electrons. The van der Waals surface area contributed by atoms with Crippen molar-refractivity contribution >= 4 is 17.5 Å². The first-order chi connectivity index (χ1) is 12.8. The zero-order valence-electron chi connectivity index (χ0n) is 16.6. The summed E-state index contributed by atoms with van der Waals surface area (Å²) in [6.45, 7) is 9.71. The van der Waals surface area contributed by atoms with Gasteiger partial charge in [-0.25, -0.2) is 4.98 Å². The molecule has 0 aliphatic carbocycles. The lowest BCUT2D eigenvalue weighted by Gasteiger charge is -2.32. The zero-order valence-corrected chi connectivity index (χ0v) is 16.6. The largest absolute Gasteiger partial charge is 0.342 e. The Balaban J connectivity index is 1.83. The summed E-state index contributed by atoms with van der Waals surface area (Å²) in [7, 11) is 0. The fourth-order valence-electron chi connectivity index (χ4n) is 3.49. The van der Waals surface area contributed by atoms with Gasteiger partial charge >= 0.3 is 0 Å². The van der Waals surface area contributed by atoms with E-state index < -0.39 is 0 Å². The van der Waals surface area contributed by atoms with E-state index in [2.05, 4.69) is 22.1 Å². The Morgan fingerprint density at radius 1 is 1.19 bits per heavy atom. The van der Waals surface area contributed by atoms with Crippen molar-refractivity contribution in [1.29, 1.82) is 0 Å². The molecule has 1 aromatic carbocycles. The normalized spacial score (nSPS) is 15.0. The van der Waals surface area contributed by atoms with E-state index >= 15 is 0 Å². The summed E-state index contributed by atoms with van der Waals surface area (Å²) in [6.07, 6.45) is 2.14. The second-order valence-corrected chi connectivity index (χ2v) is 7.66. The minimum Gasteiger partial charge on any atom is -0.342 e. The summed E-state index contributed by atoms with van der Waals surface area (Å²) in [5, 5.41) is 2.92. The van der Waals surface area contributed by atoms with Crippen LogP contribution in [0.5, 0.6) is 0 Å². The molecule has 1 aromatic heterocycles. The lowest BCUT2D eigenvalue weighted by molar-refractivity contribution is -0.116. The average molecular weight is 368 g/mol. The number of rotatable bonds is 4. The first kappa shape index (κ1) is 19.1. The average Bonchev–Trinajstić information content (AvgIpc) is 2.60. The highest BCUT2D eigenvalue weighted by Gasteiger charge is 2.21. The quantitative estimate of drug-likeness (QED) is 0.901. The number of aromatic nitrogens is 2. The molecule has 6 nitrogen and oxygen atoms in total. The summed E-state index contributed by atoms with van der Waals surface area (Å²) in [6, 6.07) is 7.37. The summed E-state index contributed by atoms with van der Waals surface area (Å²) in [4.78, 5) is 31.9. The van der Waals surface area contributed by atoms with Crippen LogP contribution in [0.25, 0.3) is 0 Å². The van der Waals surface area contributed by atoms with E-state index in [1.54, 1.807) is 0 Å². The molecule has 0 saturated carbocycles. The molecule has 1 fully saturated rings. The van der Waals surface area contributed by atoms with Gasteiger partial charge in [0.15, 0.2) is 0 Å². The monoisotopic (exact) mass is 368 g/mol. The fraction of sp³-hybridized carbons (Fsp3) is 0.476. The minimum absolute atomic E-state index is 0.0409. The third kappa shape index (κ3) is 4.56. The molecule has 27 heavy (non-hydrogen) atoms. The van der Waals surface area contributed by atoms with Gasteiger partial charge in [-0.3, -0.25) is 14.2 Å². The summed E-state index contributed by atoms with van der Waals surface area (Å²) in [5.74, 6) is 1.06. The van der Waals surface area contributed by atoms with E-state index in [0.29, 0.717) is 17.6 Å². The maximum absolute atomic E-state index is 12.6. The van der Waals surface area contributed by atoms with Gasteiger partial charge in [0, 0.05) is 30.5 Å². The maximum atomic E-state index is 12.6. The van der Waals surface area contributed by atoms with E-state index in [1.165, 1.54) is 10.6 Å². The molecule has 0 spiro atoms. The number of nitrogens with zero attached hydrogens (tertiary/aromatic N) is 3. The Morgan fingerprint density at radius 3 is 2.56 bits per heavy atom. The van der Waals surface area contributed by atoms with Crippen molar-refractivity contribution in [3.05, 3.63) is 51.4 Å². The van der Waals surface area contributed by atoms with Crippen molar-refractivity contribution in [3.63, 3.8) is 0 Å². The van der Waals surface area contributed by atoms with Crippen LogP contribution in [0.2, 0.25) is 0 Å². The van der Waals surface area contributed by atoms with Crippen molar-refractivity contribution in [1.82, 2.24) is 9.55 Å². The van der Waals surface area contributed by atoms with Crippen LogP contribution in [0.4, 0.5) is 11.6 Å². The highest BCUT2D eigenvalue weighted by molar-refractivity contribution is 5.91. The number of aryl methyl sites for hydroxylation is 3. The lowest BCUT2D eigenvalue weighted by atomic mass is 10.00. The number of amides is 1. The standard InChI is InChI=1S/C21H28N4O2/c1-14-7-9-24(10-8-14)21-22-17(4)12-20(27)25(21)13-19(26)23-18-6-5-15(2)11-16(18)3/h5-6,11-12,14H,7-10,13H2,1-4H3,(H,23,26). The van der Waals surface area contributed by atoms with E-state index in [1.807, 2.05) is 39.0 Å². The number of carbonyl (C=O) groups excluding carboxylic acids is 1. The number of benzene rings is 1. The van der Waals surface area contributed by atoms with Crippen molar-refractivity contribution in [2.45, 2.75) is 47.1 Å². The first-order valence-electron chi connectivity index (χ1n) is 9.54. The van der Waals surface area contributed by atoms with Crippen LogP contribution in [0.3, 0.4) is 0 Å². The van der Waals surface area contributed by atoms with Gasteiger partial charge < -0.3 is 10.2 Å². The van der Waals surface area contributed by atoms with Gasteiger partial charge in [0.25, 0.3) is 5.56 Å².